The van der Waals surface area contributed by atoms with Crippen LogP contribution in [-0.4, -0.2) is 31.1 Å². The highest BCUT2D eigenvalue weighted by atomic mass is 16.4. The van der Waals surface area contributed by atoms with Crippen LogP contribution in [-0.2, 0) is 9.59 Å². The maximum absolute atomic E-state index is 11.9. The number of aliphatic carboxylic acids is 1. The zero-order chi connectivity index (χ0) is 15.5. The monoisotopic (exact) mass is 278 g/mol. The number of rotatable bonds is 5. The Morgan fingerprint density at radius 3 is 2.35 bits per heavy atom. The van der Waals surface area contributed by atoms with Gasteiger partial charge in [-0.3, -0.25) is 9.59 Å². The highest BCUT2D eigenvalue weighted by Gasteiger charge is 2.30. The van der Waals surface area contributed by atoms with E-state index in [9.17, 15) is 9.59 Å². The van der Waals surface area contributed by atoms with E-state index in [1.165, 1.54) is 13.8 Å². The van der Waals surface area contributed by atoms with Gasteiger partial charge in [0.2, 0.25) is 5.91 Å². The number of nitrogens with one attached hydrogen (secondary N) is 1. The number of carbonyl (C=O) groups excluding carboxylic acids is 1. The van der Waals surface area contributed by atoms with E-state index in [0.29, 0.717) is 5.69 Å². The molecule has 0 radical (unpaired) electrons. The number of nitrogens with zero attached hydrogens (tertiary/aromatic N) is 1. The third-order valence-corrected chi connectivity index (χ3v) is 3.18. The summed E-state index contributed by atoms with van der Waals surface area (Å²) in [6.07, 6.45) is -0.0583. The maximum atomic E-state index is 11.9. The third-order valence-electron chi connectivity index (χ3n) is 3.18. The smallest absolute Gasteiger partial charge is 0.309 e. The molecule has 0 aliphatic heterocycles. The zero-order valence-electron chi connectivity index (χ0n) is 12.7. The molecule has 0 atom stereocenters. The molecular weight excluding hydrogens is 256 g/mol. The van der Waals surface area contributed by atoms with Gasteiger partial charge in [-0.2, -0.15) is 0 Å². The second-order valence-corrected chi connectivity index (χ2v) is 5.81. The number of carboxylic acid groups (broad SMARTS) is 1. The molecular formula is C15H22N2O3. The summed E-state index contributed by atoms with van der Waals surface area (Å²) in [4.78, 5) is 24.9. The van der Waals surface area contributed by atoms with Crippen LogP contribution in [0.4, 0.5) is 11.4 Å². The van der Waals surface area contributed by atoms with E-state index in [-0.39, 0.29) is 12.3 Å². The van der Waals surface area contributed by atoms with Gasteiger partial charge in [-0.1, -0.05) is 0 Å². The molecule has 0 fully saturated rings. The normalized spacial score (nSPS) is 11.1. The number of anilines is 2. The molecule has 0 unspecified atom stereocenters. The summed E-state index contributed by atoms with van der Waals surface area (Å²) in [5, 5.41) is 11.8. The van der Waals surface area contributed by atoms with Crippen LogP contribution in [0.3, 0.4) is 0 Å². The molecule has 0 aliphatic rings. The van der Waals surface area contributed by atoms with Crippen LogP contribution in [0.1, 0.15) is 25.8 Å². The van der Waals surface area contributed by atoms with Crippen molar-refractivity contribution in [1.82, 2.24) is 0 Å². The van der Waals surface area contributed by atoms with Crippen LogP contribution < -0.4 is 10.2 Å². The van der Waals surface area contributed by atoms with Gasteiger partial charge in [0.1, 0.15) is 0 Å². The fourth-order valence-corrected chi connectivity index (χ4v) is 1.74. The molecule has 0 bridgehead atoms. The first kappa shape index (κ1) is 16.0. The van der Waals surface area contributed by atoms with Crippen molar-refractivity contribution >= 4 is 23.3 Å². The summed E-state index contributed by atoms with van der Waals surface area (Å²) in [7, 11) is 3.89. The lowest BCUT2D eigenvalue weighted by molar-refractivity contribution is -0.148. The molecule has 110 valence electrons. The van der Waals surface area contributed by atoms with Crippen molar-refractivity contribution in [3.63, 3.8) is 0 Å². The van der Waals surface area contributed by atoms with E-state index in [1.807, 2.05) is 44.1 Å². The average molecular weight is 278 g/mol. The van der Waals surface area contributed by atoms with Crippen LogP contribution in [0.5, 0.6) is 0 Å². The highest BCUT2D eigenvalue weighted by Crippen LogP contribution is 2.24. The SMILES string of the molecule is Cc1cc(N(C)C)ccc1NC(=O)CC(C)(C)C(=O)O. The first-order valence-corrected chi connectivity index (χ1v) is 6.45. The van der Waals surface area contributed by atoms with E-state index < -0.39 is 11.4 Å². The quantitative estimate of drug-likeness (QED) is 0.868. The van der Waals surface area contributed by atoms with Gasteiger partial charge in [-0.15, -0.1) is 0 Å². The Kier molecular flexibility index (Phi) is 4.76. The Bertz CT molecular complexity index is 522. The van der Waals surface area contributed by atoms with Crippen molar-refractivity contribution in [2.45, 2.75) is 27.2 Å². The number of hydrogen-bond acceptors (Lipinski definition) is 3. The van der Waals surface area contributed by atoms with E-state index in [1.54, 1.807) is 0 Å². The van der Waals surface area contributed by atoms with Crippen LogP contribution >= 0.6 is 0 Å². The van der Waals surface area contributed by atoms with E-state index >= 15 is 0 Å². The van der Waals surface area contributed by atoms with Gasteiger partial charge in [0.05, 0.1) is 5.41 Å². The first-order valence-electron chi connectivity index (χ1n) is 6.45. The third kappa shape index (κ3) is 3.98. The van der Waals surface area contributed by atoms with Crippen LogP contribution in [0.15, 0.2) is 18.2 Å². The van der Waals surface area contributed by atoms with Crippen molar-refractivity contribution in [1.29, 1.82) is 0 Å². The summed E-state index contributed by atoms with van der Waals surface area (Å²) >= 11 is 0. The average Bonchev–Trinajstić information content (AvgIpc) is 2.30. The minimum atomic E-state index is -1.07. The summed E-state index contributed by atoms with van der Waals surface area (Å²) in [6, 6.07) is 5.71. The summed E-state index contributed by atoms with van der Waals surface area (Å²) in [6.45, 7) is 4.98. The number of carboxylic acids is 1. The van der Waals surface area contributed by atoms with Crippen molar-refractivity contribution in [2.75, 3.05) is 24.3 Å². The Morgan fingerprint density at radius 2 is 1.90 bits per heavy atom. The predicted molar refractivity (Wildman–Crippen MR) is 80.2 cm³/mol. The van der Waals surface area contributed by atoms with Gasteiger partial charge in [0.15, 0.2) is 0 Å². The minimum absolute atomic E-state index is 0.0583. The van der Waals surface area contributed by atoms with Gasteiger partial charge in [-0.25, -0.2) is 0 Å². The molecule has 0 saturated heterocycles. The van der Waals surface area contributed by atoms with Gasteiger partial charge in [-0.05, 0) is 44.5 Å². The molecule has 1 aromatic carbocycles. The summed E-state index contributed by atoms with van der Waals surface area (Å²) in [5.74, 6) is -1.27. The van der Waals surface area contributed by atoms with Crippen molar-refractivity contribution in [3.8, 4) is 0 Å². The molecule has 5 nitrogen and oxygen atoms in total. The van der Waals surface area contributed by atoms with Crippen LogP contribution in [0.25, 0.3) is 0 Å². The zero-order valence-corrected chi connectivity index (χ0v) is 12.7. The van der Waals surface area contributed by atoms with E-state index in [0.717, 1.165) is 11.3 Å². The highest BCUT2D eigenvalue weighted by molar-refractivity contribution is 5.94. The minimum Gasteiger partial charge on any atom is -0.481 e. The number of hydrogen-bond donors (Lipinski definition) is 2. The van der Waals surface area contributed by atoms with Gasteiger partial charge >= 0.3 is 5.97 Å². The van der Waals surface area contributed by atoms with Gasteiger partial charge < -0.3 is 15.3 Å². The molecule has 5 heteroatoms. The fraction of sp³-hybridized carbons (Fsp3) is 0.467. The van der Waals surface area contributed by atoms with Crippen molar-refractivity contribution < 1.29 is 14.7 Å². The van der Waals surface area contributed by atoms with Crippen LogP contribution in [0.2, 0.25) is 0 Å². The number of amides is 1. The molecule has 0 aliphatic carbocycles. The Hall–Kier alpha value is -2.04. The Labute approximate surface area is 119 Å². The lowest BCUT2D eigenvalue weighted by Crippen LogP contribution is -2.29. The second kappa shape index (κ2) is 5.94. The Balaban J connectivity index is 2.79. The fourth-order valence-electron chi connectivity index (χ4n) is 1.74. The lowest BCUT2D eigenvalue weighted by atomic mass is 9.89. The summed E-state index contributed by atoms with van der Waals surface area (Å²) < 4.78 is 0. The van der Waals surface area contributed by atoms with E-state index in [2.05, 4.69) is 5.32 Å². The molecule has 0 spiro atoms. The molecule has 1 aromatic rings. The number of benzene rings is 1. The van der Waals surface area contributed by atoms with Crippen LogP contribution in [0, 0.1) is 12.3 Å². The molecule has 2 N–H and O–H groups in total. The molecule has 0 heterocycles. The lowest BCUT2D eigenvalue weighted by Gasteiger charge is -2.19. The predicted octanol–water partition coefficient (Wildman–Crippen LogP) is 2.50. The molecule has 1 amide bonds. The first-order chi connectivity index (χ1) is 9.13. The second-order valence-electron chi connectivity index (χ2n) is 5.81. The molecule has 0 aromatic heterocycles. The van der Waals surface area contributed by atoms with E-state index in [4.69, 9.17) is 5.11 Å². The van der Waals surface area contributed by atoms with Gasteiger partial charge in [0, 0.05) is 31.9 Å². The number of aryl methyl sites for hydroxylation is 1. The van der Waals surface area contributed by atoms with Gasteiger partial charge in [0.25, 0.3) is 0 Å². The number of carbonyl (C=O) groups is 2. The largest absolute Gasteiger partial charge is 0.481 e. The van der Waals surface area contributed by atoms with Crippen molar-refractivity contribution in [3.05, 3.63) is 23.8 Å². The maximum Gasteiger partial charge on any atom is 0.309 e. The molecule has 20 heavy (non-hydrogen) atoms. The topological polar surface area (TPSA) is 69.6 Å². The molecule has 0 saturated carbocycles. The Morgan fingerprint density at radius 1 is 1.30 bits per heavy atom. The molecule has 1 rings (SSSR count). The van der Waals surface area contributed by atoms with Crippen molar-refractivity contribution in [2.24, 2.45) is 5.41 Å². The standard InChI is InChI=1S/C15H22N2O3/c1-10-8-11(17(4)5)6-7-12(10)16-13(18)9-15(2,3)14(19)20/h6-8H,9H2,1-5H3,(H,16,18)(H,19,20). The summed E-state index contributed by atoms with van der Waals surface area (Å²) in [5.41, 5.74) is 1.63.